The van der Waals surface area contributed by atoms with Crippen molar-refractivity contribution < 1.29 is 0 Å². The highest BCUT2D eigenvalue weighted by molar-refractivity contribution is 5.75. The summed E-state index contributed by atoms with van der Waals surface area (Å²) in [6.45, 7) is 2.06. The molecule has 8 heavy (non-hydrogen) atoms. The maximum absolute atomic E-state index is 2.93. The summed E-state index contributed by atoms with van der Waals surface area (Å²) in [4.78, 5) is 0. The number of hydrogen-bond donors (Lipinski definition) is 0. The molecule has 1 heteroatoms. The van der Waals surface area contributed by atoms with Gasteiger partial charge in [0.25, 0.3) is 0 Å². The predicted molar refractivity (Wildman–Crippen MR) is 40.0 cm³/mol. The standard InChI is InChI=1S/C7H7.Al.3H/c1-7-5-3-2-4-6-7;;;;/h3-6H,1H3;;;;. The molecular formula is C7H10Al. The molecule has 0 aliphatic rings. The topological polar surface area (TPSA) is 0 Å². The van der Waals surface area contributed by atoms with Gasteiger partial charge in [-0.15, -0.1) is 0 Å². The molecule has 0 bridgehead atoms. The molecule has 0 unspecified atom stereocenters. The van der Waals surface area contributed by atoms with E-state index in [1.807, 2.05) is 24.3 Å². The Balaban J connectivity index is 0.000000490. The molecule has 41 valence electrons. The van der Waals surface area contributed by atoms with Crippen LogP contribution in [0.15, 0.2) is 24.3 Å². The SMILES string of the molecule is Cc1cc[c]cc1.[AlH3]. The van der Waals surface area contributed by atoms with Gasteiger partial charge in [0.2, 0.25) is 0 Å². The van der Waals surface area contributed by atoms with Crippen LogP contribution in [0.1, 0.15) is 5.56 Å². The van der Waals surface area contributed by atoms with Gasteiger partial charge in [0.15, 0.2) is 17.4 Å². The molecule has 0 aliphatic carbocycles. The maximum atomic E-state index is 2.93. The second-order valence-corrected chi connectivity index (χ2v) is 1.58. The summed E-state index contributed by atoms with van der Waals surface area (Å²) in [5.74, 6) is 0. The first-order valence-electron chi connectivity index (χ1n) is 2.32. The zero-order chi connectivity index (χ0) is 5.11. The average Bonchev–Trinajstić information content (AvgIpc) is 1.69. The quantitative estimate of drug-likeness (QED) is 0.441. The summed E-state index contributed by atoms with van der Waals surface area (Å²) < 4.78 is 0. The fourth-order valence-corrected chi connectivity index (χ4v) is 0.470. The molecule has 1 aromatic rings. The summed E-state index contributed by atoms with van der Waals surface area (Å²) in [5.41, 5.74) is 1.29. The minimum absolute atomic E-state index is 0. The summed E-state index contributed by atoms with van der Waals surface area (Å²) in [5, 5.41) is 0. The zero-order valence-electron chi connectivity index (χ0n) is 4.31. The van der Waals surface area contributed by atoms with E-state index in [1.54, 1.807) is 0 Å². The van der Waals surface area contributed by atoms with Crippen molar-refractivity contribution in [3.05, 3.63) is 35.9 Å². The van der Waals surface area contributed by atoms with Gasteiger partial charge in [-0.1, -0.05) is 29.8 Å². The van der Waals surface area contributed by atoms with E-state index in [2.05, 4.69) is 13.0 Å². The third-order valence-electron chi connectivity index (χ3n) is 0.885. The van der Waals surface area contributed by atoms with Crippen LogP contribution in [-0.4, -0.2) is 17.4 Å². The van der Waals surface area contributed by atoms with Gasteiger partial charge in [-0.05, 0) is 13.0 Å². The maximum Gasteiger partial charge on any atom is 0.187 e. The van der Waals surface area contributed by atoms with Crippen molar-refractivity contribution >= 4 is 17.4 Å². The number of aryl methyl sites for hydroxylation is 1. The van der Waals surface area contributed by atoms with Crippen LogP contribution in [-0.2, 0) is 0 Å². The summed E-state index contributed by atoms with van der Waals surface area (Å²) in [6, 6.07) is 10.8. The molecule has 0 spiro atoms. The summed E-state index contributed by atoms with van der Waals surface area (Å²) >= 11 is 0. The predicted octanol–water partition coefficient (Wildman–Crippen LogP) is 0.611. The summed E-state index contributed by atoms with van der Waals surface area (Å²) in [6.07, 6.45) is 0. The van der Waals surface area contributed by atoms with Crippen molar-refractivity contribution in [3.8, 4) is 0 Å². The lowest BCUT2D eigenvalue weighted by molar-refractivity contribution is 1.47. The molecule has 0 saturated carbocycles. The largest absolute Gasteiger partial charge is 0.187 e. The van der Waals surface area contributed by atoms with Gasteiger partial charge in [-0.25, -0.2) is 0 Å². The number of hydrogen-bond acceptors (Lipinski definition) is 0. The molecule has 0 aliphatic heterocycles. The van der Waals surface area contributed by atoms with Gasteiger partial charge < -0.3 is 0 Å². The Labute approximate surface area is 60.7 Å². The van der Waals surface area contributed by atoms with Crippen LogP contribution in [0.2, 0.25) is 0 Å². The third kappa shape index (κ3) is 2.16. The van der Waals surface area contributed by atoms with Gasteiger partial charge in [-0.2, -0.15) is 0 Å². The molecule has 0 fully saturated rings. The molecule has 0 amide bonds. The molecular weight excluding hydrogens is 111 g/mol. The lowest BCUT2D eigenvalue weighted by atomic mass is 10.2. The van der Waals surface area contributed by atoms with Gasteiger partial charge in [0.05, 0.1) is 0 Å². The fraction of sp³-hybridized carbons (Fsp3) is 0.143. The molecule has 0 saturated heterocycles. The van der Waals surface area contributed by atoms with Crippen molar-refractivity contribution in [2.45, 2.75) is 6.92 Å². The Kier molecular flexibility index (Phi) is 3.60. The van der Waals surface area contributed by atoms with E-state index in [-0.39, 0.29) is 17.4 Å². The molecule has 1 rings (SSSR count). The minimum atomic E-state index is 0. The van der Waals surface area contributed by atoms with Gasteiger partial charge >= 0.3 is 0 Å². The molecule has 0 aromatic heterocycles. The lowest BCUT2D eigenvalue weighted by Gasteiger charge is -1.82. The minimum Gasteiger partial charge on any atom is -0.0587 e. The summed E-state index contributed by atoms with van der Waals surface area (Å²) in [7, 11) is 0. The van der Waals surface area contributed by atoms with E-state index in [9.17, 15) is 0 Å². The Morgan fingerprint density at radius 1 is 1.25 bits per heavy atom. The van der Waals surface area contributed by atoms with E-state index >= 15 is 0 Å². The molecule has 0 atom stereocenters. The Morgan fingerprint density at radius 3 is 2.00 bits per heavy atom. The van der Waals surface area contributed by atoms with Crippen LogP contribution in [0, 0.1) is 13.0 Å². The van der Waals surface area contributed by atoms with Crippen LogP contribution >= 0.6 is 0 Å². The van der Waals surface area contributed by atoms with E-state index in [0.29, 0.717) is 0 Å². The highest BCUT2D eigenvalue weighted by Gasteiger charge is 1.72. The normalized spacial score (nSPS) is 7.62. The number of benzene rings is 1. The Hall–Kier alpha value is -0.248. The molecule has 0 heterocycles. The van der Waals surface area contributed by atoms with Crippen LogP contribution < -0.4 is 0 Å². The highest BCUT2D eigenvalue weighted by Crippen LogP contribution is 1.91. The van der Waals surface area contributed by atoms with Gasteiger partial charge in [0, 0.05) is 0 Å². The number of rotatable bonds is 0. The van der Waals surface area contributed by atoms with Gasteiger partial charge in [0.1, 0.15) is 0 Å². The first-order chi connectivity index (χ1) is 3.39. The van der Waals surface area contributed by atoms with Crippen LogP contribution in [0.3, 0.4) is 0 Å². The van der Waals surface area contributed by atoms with Crippen LogP contribution in [0.4, 0.5) is 0 Å². The van der Waals surface area contributed by atoms with E-state index in [1.165, 1.54) is 5.56 Å². The van der Waals surface area contributed by atoms with E-state index < -0.39 is 0 Å². The fourth-order valence-electron chi connectivity index (χ4n) is 0.470. The van der Waals surface area contributed by atoms with E-state index in [0.717, 1.165) is 0 Å². The van der Waals surface area contributed by atoms with Crippen molar-refractivity contribution in [2.75, 3.05) is 0 Å². The van der Waals surface area contributed by atoms with Crippen molar-refractivity contribution in [3.63, 3.8) is 0 Å². The third-order valence-corrected chi connectivity index (χ3v) is 0.885. The van der Waals surface area contributed by atoms with Crippen molar-refractivity contribution in [2.24, 2.45) is 0 Å². The smallest absolute Gasteiger partial charge is 0.0587 e. The van der Waals surface area contributed by atoms with Crippen LogP contribution in [0.5, 0.6) is 0 Å². The Morgan fingerprint density at radius 2 is 1.75 bits per heavy atom. The van der Waals surface area contributed by atoms with Crippen molar-refractivity contribution in [1.29, 1.82) is 0 Å². The molecule has 1 radical (unpaired) electrons. The van der Waals surface area contributed by atoms with Crippen LogP contribution in [0.25, 0.3) is 0 Å². The monoisotopic (exact) mass is 121 g/mol. The second kappa shape index (κ2) is 3.72. The second-order valence-electron chi connectivity index (χ2n) is 1.58. The molecule has 1 aromatic carbocycles. The molecule has 0 nitrogen and oxygen atoms in total. The zero-order valence-corrected chi connectivity index (χ0v) is 4.31. The Bertz CT molecular complexity index is 134. The molecule has 0 N–H and O–H groups in total. The first kappa shape index (κ1) is 7.75. The van der Waals surface area contributed by atoms with E-state index in [4.69, 9.17) is 0 Å². The lowest BCUT2D eigenvalue weighted by Crippen LogP contribution is -1.63. The average molecular weight is 121 g/mol. The van der Waals surface area contributed by atoms with Crippen molar-refractivity contribution in [1.82, 2.24) is 0 Å². The highest BCUT2D eigenvalue weighted by atomic mass is 27.0. The first-order valence-corrected chi connectivity index (χ1v) is 2.32. The van der Waals surface area contributed by atoms with Gasteiger partial charge in [-0.3, -0.25) is 0 Å².